The quantitative estimate of drug-likeness (QED) is 0.895. The summed E-state index contributed by atoms with van der Waals surface area (Å²) < 4.78 is 7.67. The molecule has 0 unspecified atom stereocenters. The molecular formula is C19H26N4O2. The van der Waals surface area contributed by atoms with Gasteiger partial charge in [-0.05, 0) is 55.5 Å². The molecule has 2 aromatic rings. The van der Waals surface area contributed by atoms with E-state index >= 15 is 0 Å². The highest BCUT2D eigenvalue weighted by Crippen LogP contribution is 2.27. The minimum atomic E-state index is -0.165. The predicted octanol–water partition coefficient (Wildman–Crippen LogP) is 3.33. The van der Waals surface area contributed by atoms with Gasteiger partial charge in [0.1, 0.15) is 6.10 Å². The maximum atomic E-state index is 12.3. The Kier molecular flexibility index (Phi) is 5.38. The zero-order valence-electron chi connectivity index (χ0n) is 15.1. The number of aryl methyl sites for hydroxylation is 3. The molecule has 6 heteroatoms. The Balaban J connectivity index is 1.58. The standard InChI is InChI=1S/C19H26N4O2/c1-4-14-11-15(6-5-13(14)2)21-19(24)22-16-8-10-25-18(12-16)17-7-9-20-23(17)3/h5-7,9,11,16,18H,4,8,10,12H2,1-3H3,(H2,21,22,24)/t16-,18-/m1/s1. The lowest BCUT2D eigenvalue weighted by Gasteiger charge is -2.30. The van der Waals surface area contributed by atoms with E-state index in [2.05, 4.69) is 29.6 Å². The molecule has 6 nitrogen and oxygen atoms in total. The molecule has 0 radical (unpaired) electrons. The number of benzene rings is 1. The Hall–Kier alpha value is -2.34. The summed E-state index contributed by atoms with van der Waals surface area (Å²) in [6.45, 7) is 4.83. The minimum Gasteiger partial charge on any atom is -0.372 e. The normalized spacial score (nSPS) is 20.3. The first-order valence-electron chi connectivity index (χ1n) is 8.83. The molecule has 1 aromatic carbocycles. The van der Waals surface area contributed by atoms with Crippen molar-refractivity contribution < 1.29 is 9.53 Å². The molecule has 1 aromatic heterocycles. The van der Waals surface area contributed by atoms with E-state index in [-0.39, 0.29) is 18.2 Å². The molecule has 0 aliphatic carbocycles. The van der Waals surface area contributed by atoms with Crippen LogP contribution in [0.1, 0.15) is 42.7 Å². The van der Waals surface area contributed by atoms with Crippen LogP contribution in [0.5, 0.6) is 0 Å². The summed E-state index contributed by atoms with van der Waals surface area (Å²) in [5.74, 6) is 0. The summed E-state index contributed by atoms with van der Waals surface area (Å²) in [6.07, 6.45) is 4.26. The van der Waals surface area contributed by atoms with Gasteiger partial charge in [-0.15, -0.1) is 0 Å². The van der Waals surface area contributed by atoms with Crippen molar-refractivity contribution in [3.63, 3.8) is 0 Å². The topological polar surface area (TPSA) is 68.2 Å². The van der Waals surface area contributed by atoms with Gasteiger partial charge >= 0.3 is 6.03 Å². The lowest BCUT2D eigenvalue weighted by Crippen LogP contribution is -2.42. The predicted molar refractivity (Wildman–Crippen MR) is 97.6 cm³/mol. The maximum absolute atomic E-state index is 12.3. The van der Waals surface area contributed by atoms with Gasteiger partial charge in [0.15, 0.2) is 0 Å². The smallest absolute Gasteiger partial charge is 0.319 e. The van der Waals surface area contributed by atoms with Crippen LogP contribution in [0, 0.1) is 6.92 Å². The lowest BCUT2D eigenvalue weighted by atomic mass is 10.0. The number of rotatable bonds is 4. The van der Waals surface area contributed by atoms with Crippen molar-refractivity contribution in [3.8, 4) is 0 Å². The fourth-order valence-corrected chi connectivity index (χ4v) is 3.32. The van der Waals surface area contributed by atoms with Gasteiger partial charge in [0.25, 0.3) is 0 Å². The second kappa shape index (κ2) is 7.70. The van der Waals surface area contributed by atoms with Crippen molar-refractivity contribution in [2.45, 2.75) is 45.3 Å². The molecule has 0 saturated carbocycles. The van der Waals surface area contributed by atoms with Crippen LogP contribution in [0.3, 0.4) is 0 Å². The first-order valence-corrected chi connectivity index (χ1v) is 8.83. The zero-order valence-corrected chi connectivity index (χ0v) is 15.1. The van der Waals surface area contributed by atoms with E-state index in [0.717, 1.165) is 30.6 Å². The van der Waals surface area contributed by atoms with E-state index < -0.39 is 0 Å². The molecule has 0 spiro atoms. The molecule has 3 rings (SSSR count). The average molecular weight is 342 g/mol. The fraction of sp³-hybridized carbons (Fsp3) is 0.474. The molecule has 2 N–H and O–H groups in total. The molecular weight excluding hydrogens is 316 g/mol. The Morgan fingerprint density at radius 1 is 1.40 bits per heavy atom. The van der Waals surface area contributed by atoms with E-state index in [1.807, 2.05) is 36.0 Å². The molecule has 1 aliphatic heterocycles. The van der Waals surface area contributed by atoms with Gasteiger partial charge in [-0.1, -0.05) is 13.0 Å². The second-order valence-corrected chi connectivity index (χ2v) is 6.55. The summed E-state index contributed by atoms with van der Waals surface area (Å²) in [4.78, 5) is 12.3. The van der Waals surface area contributed by atoms with Crippen molar-refractivity contribution in [2.75, 3.05) is 11.9 Å². The molecule has 0 bridgehead atoms. The van der Waals surface area contributed by atoms with Crippen molar-refractivity contribution in [1.82, 2.24) is 15.1 Å². The Morgan fingerprint density at radius 3 is 2.96 bits per heavy atom. The second-order valence-electron chi connectivity index (χ2n) is 6.55. The van der Waals surface area contributed by atoms with Crippen LogP contribution in [0.4, 0.5) is 10.5 Å². The number of nitrogens with zero attached hydrogens (tertiary/aromatic N) is 2. The molecule has 1 fully saturated rings. The van der Waals surface area contributed by atoms with E-state index in [0.29, 0.717) is 6.61 Å². The Morgan fingerprint density at radius 2 is 2.24 bits per heavy atom. The summed E-state index contributed by atoms with van der Waals surface area (Å²) in [6, 6.07) is 7.91. The number of amides is 2. The summed E-state index contributed by atoms with van der Waals surface area (Å²) >= 11 is 0. The molecule has 1 saturated heterocycles. The number of aromatic nitrogens is 2. The van der Waals surface area contributed by atoms with Crippen LogP contribution in [-0.2, 0) is 18.2 Å². The van der Waals surface area contributed by atoms with Gasteiger partial charge in [0.05, 0.1) is 5.69 Å². The van der Waals surface area contributed by atoms with Gasteiger partial charge in [-0.3, -0.25) is 4.68 Å². The first-order chi connectivity index (χ1) is 12.1. The number of urea groups is 1. The van der Waals surface area contributed by atoms with Gasteiger partial charge in [-0.2, -0.15) is 5.10 Å². The first kappa shape index (κ1) is 17.5. The summed E-state index contributed by atoms with van der Waals surface area (Å²) in [5.41, 5.74) is 4.37. The Bertz CT molecular complexity index is 741. The molecule has 2 amide bonds. The largest absolute Gasteiger partial charge is 0.372 e. The van der Waals surface area contributed by atoms with E-state index in [9.17, 15) is 4.79 Å². The number of carbonyl (C=O) groups excluding carboxylic acids is 1. The van der Waals surface area contributed by atoms with E-state index in [1.165, 1.54) is 11.1 Å². The van der Waals surface area contributed by atoms with Crippen molar-refractivity contribution in [1.29, 1.82) is 0 Å². The van der Waals surface area contributed by atoms with Crippen LogP contribution in [-0.4, -0.2) is 28.5 Å². The highest BCUT2D eigenvalue weighted by atomic mass is 16.5. The fourth-order valence-electron chi connectivity index (χ4n) is 3.32. The van der Waals surface area contributed by atoms with Crippen molar-refractivity contribution >= 4 is 11.7 Å². The van der Waals surface area contributed by atoms with Gasteiger partial charge in [-0.25, -0.2) is 4.79 Å². The van der Waals surface area contributed by atoms with Crippen LogP contribution >= 0.6 is 0 Å². The number of hydrogen-bond donors (Lipinski definition) is 2. The minimum absolute atomic E-state index is 0.0300. The van der Waals surface area contributed by atoms with Crippen LogP contribution < -0.4 is 10.6 Å². The number of nitrogens with one attached hydrogen (secondary N) is 2. The zero-order chi connectivity index (χ0) is 17.8. The third kappa shape index (κ3) is 4.20. The van der Waals surface area contributed by atoms with Gasteiger partial charge < -0.3 is 15.4 Å². The van der Waals surface area contributed by atoms with Crippen LogP contribution in [0.15, 0.2) is 30.5 Å². The number of anilines is 1. The molecule has 2 atom stereocenters. The summed E-state index contributed by atoms with van der Waals surface area (Å²) in [5, 5.41) is 10.2. The molecule has 2 heterocycles. The van der Waals surface area contributed by atoms with Crippen molar-refractivity contribution in [2.24, 2.45) is 7.05 Å². The highest BCUT2D eigenvalue weighted by molar-refractivity contribution is 5.89. The maximum Gasteiger partial charge on any atom is 0.319 e. The van der Waals surface area contributed by atoms with Crippen LogP contribution in [0.25, 0.3) is 0 Å². The molecule has 25 heavy (non-hydrogen) atoms. The van der Waals surface area contributed by atoms with Gasteiger partial charge in [0.2, 0.25) is 0 Å². The van der Waals surface area contributed by atoms with Gasteiger partial charge in [0, 0.05) is 31.6 Å². The summed E-state index contributed by atoms with van der Waals surface area (Å²) in [7, 11) is 1.91. The third-order valence-corrected chi connectivity index (χ3v) is 4.80. The highest BCUT2D eigenvalue weighted by Gasteiger charge is 2.26. The number of hydrogen-bond acceptors (Lipinski definition) is 3. The van der Waals surface area contributed by atoms with Crippen LogP contribution in [0.2, 0.25) is 0 Å². The monoisotopic (exact) mass is 342 g/mol. The lowest BCUT2D eigenvalue weighted by molar-refractivity contribution is -0.00204. The third-order valence-electron chi connectivity index (χ3n) is 4.80. The van der Waals surface area contributed by atoms with E-state index in [1.54, 1.807) is 6.20 Å². The molecule has 1 aliphatic rings. The SMILES string of the molecule is CCc1cc(NC(=O)N[C@@H]2CCO[C@@H](c3ccnn3C)C2)ccc1C. The molecule has 134 valence electrons. The number of carbonyl (C=O) groups is 1. The van der Waals surface area contributed by atoms with Crippen molar-refractivity contribution in [3.05, 3.63) is 47.3 Å². The average Bonchev–Trinajstić information content (AvgIpc) is 3.03. The van der Waals surface area contributed by atoms with E-state index in [4.69, 9.17) is 4.74 Å². The number of ether oxygens (including phenoxy) is 1. The Labute approximate surface area is 148 Å².